The third-order valence-corrected chi connectivity index (χ3v) is 5.15. The number of carbonyl (C=O) groups excluding carboxylic acids is 1. The van der Waals surface area contributed by atoms with Gasteiger partial charge in [0.25, 0.3) is 11.6 Å². The zero-order valence-corrected chi connectivity index (χ0v) is 14.4. The van der Waals surface area contributed by atoms with Gasteiger partial charge in [-0.3, -0.25) is 14.9 Å². The molecule has 2 aromatic carbocycles. The van der Waals surface area contributed by atoms with E-state index in [1.807, 2.05) is 30.3 Å². The molecule has 1 heterocycles. The lowest BCUT2D eigenvalue weighted by molar-refractivity contribution is -0.384. The highest BCUT2D eigenvalue weighted by Gasteiger charge is 2.21. The van der Waals surface area contributed by atoms with Gasteiger partial charge in [-0.2, -0.15) is 0 Å². The van der Waals surface area contributed by atoms with Crippen LogP contribution in [0.25, 0.3) is 0 Å². The van der Waals surface area contributed by atoms with Crippen LogP contribution in [0.4, 0.5) is 5.69 Å². The molecule has 1 amide bonds. The molecule has 0 atom stereocenters. The molecule has 1 aliphatic rings. The first-order valence-electron chi connectivity index (χ1n) is 8.16. The molecule has 1 saturated heterocycles. The predicted octanol–water partition coefficient (Wildman–Crippen LogP) is 3.23. The van der Waals surface area contributed by atoms with Crippen LogP contribution in [0.2, 0.25) is 0 Å². The Morgan fingerprint density at radius 3 is 2.56 bits per heavy atom. The minimum atomic E-state index is -0.474. The molecule has 1 fully saturated rings. The third kappa shape index (κ3) is 4.58. The summed E-state index contributed by atoms with van der Waals surface area (Å²) in [7, 11) is 0. The zero-order valence-electron chi connectivity index (χ0n) is 13.6. The van der Waals surface area contributed by atoms with E-state index in [1.165, 1.54) is 23.9 Å². The van der Waals surface area contributed by atoms with E-state index in [0.717, 1.165) is 30.8 Å². The van der Waals surface area contributed by atoms with E-state index in [1.54, 1.807) is 6.07 Å². The lowest BCUT2D eigenvalue weighted by Gasteiger charge is -2.24. The number of nitrogens with zero attached hydrogens (tertiary/aromatic N) is 1. The van der Waals surface area contributed by atoms with Crippen LogP contribution in [-0.4, -0.2) is 30.0 Å². The highest BCUT2D eigenvalue weighted by atomic mass is 32.2. The standard InChI is InChI=1S/C18H19N3O3S/c22-18(20-13-8-10-19-11-9-13)16-12-14(21(23)24)6-7-17(16)25-15-4-2-1-3-5-15/h1-7,12-13,19H,8-11H2,(H,20,22). The van der Waals surface area contributed by atoms with Crippen molar-refractivity contribution in [2.75, 3.05) is 13.1 Å². The number of carbonyl (C=O) groups is 1. The first-order valence-corrected chi connectivity index (χ1v) is 8.98. The van der Waals surface area contributed by atoms with Gasteiger partial charge in [0.15, 0.2) is 0 Å². The molecule has 0 unspecified atom stereocenters. The van der Waals surface area contributed by atoms with Crippen LogP contribution in [-0.2, 0) is 0 Å². The maximum absolute atomic E-state index is 12.7. The van der Waals surface area contributed by atoms with Crippen LogP contribution in [0, 0.1) is 10.1 Å². The summed E-state index contributed by atoms with van der Waals surface area (Å²) in [5.41, 5.74) is 0.273. The van der Waals surface area contributed by atoms with Crippen LogP contribution in [0.1, 0.15) is 23.2 Å². The predicted molar refractivity (Wildman–Crippen MR) is 97.0 cm³/mol. The van der Waals surface area contributed by atoms with Gasteiger partial charge in [-0.25, -0.2) is 0 Å². The summed E-state index contributed by atoms with van der Waals surface area (Å²) in [6.07, 6.45) is 1.73. The van der Waals surface area contributed by atoms with Crippen LogP contribution in [0.15, 0.2) is 58.3 Å². The van der Waals surface area contributed by atoms with Gasteiger partial charge in [0.2, 0.25) is 0 Å². The average Bonchev–Trinajstić information content (AvgIpc) is 2.63. The molecule has 0 aromatic heterocycles. The number of amides is 1. The average molecular weight is 357 g/mol. The van der Waals surface area contributed by atoms with Crippen molar-refractivity contribution in [1.82, 2.24) is 10.6 Å². The normalized spacial score (nSPS) is 14.9. The van der Waals surface area contributed by atoms with Crippen molar-refractivity contribution < 1.29 is 9.72 Å². The highest BCUT2D eigenvalue weighted by molar-refractivity contribution is 7.99. The molecule has 3 rings (SSSR count). The number of hydrogen-bond donors (Lipinski definition) is 2. The number of nitro groups is 1. The molecule has 0 radical (unpaired) electrons. The number of benzene rings is 2. The minimum Gasteiger partial charge on any atom is -0.349 e. The molecule has 2 N–H and O–H groups in total. The van der Waals surface area contributed by atoms with Crippen molar-refractivity contribution >= 4 is 23.4 Å². The Balaban J connectivity index is 1.86. The van der Waals surface area contributed by atoms with Gasteiger partial charge in [-0.05, 0) is 44.1 Å². The van der Waals surface area contributed by atoms with Crippen molar-refractivity contribution in [2.24, 2.45) is 0 Å². The number of rotatable bonds is 5. The Hall–Kier alpha value is -2.38. The Bertz CT molecular complexity index is 761. The van der Waals surface area contributed by atoms with Gasteiger partial charge in [-0.15, -0.1) is 0 Å². The monoisotopic (exact) mass is 357 g/mol. The number of non-ortho nitro benzene ring substituents is 1. The van der Waals surface area contributed by atoms with E-state index >= 15 is 0 Å². The largest absolute Gasteiger partial charge is 0.349 e. The fourth-order valence-corrected chi connectivity index (χ4v) is 3.69. The number of nitro benzene ring substituents is 1. The van der Waals surface area contributed by atoms with E-state index < -0.39 is 4.92 Å². The second kappa shape index (κ2) is 8.13. The molecule has 2 aromatic rings. The van der Waals surface area contributed by atoms with Gasteiger partial charge in [0.1, 0.15) is 0 Å². The van der Waals surface area contributed by atoms with Crippen molar-refractivity contribution in [1.29, 1.82) is 0 Å². The Labute approximate surface area is 150 Å². The van der Waals surface area contributed by atoms with Gasteiger partial charge in [0.05, 0.1) is 10.5 Å². The second-order valence-corrected chi connectivity index (χ2v) is 6.97. The van der Waals surface area contributed by atoms with E-state index in [4.69, 9.17) is 0 Å². The Morgan fingerprint density at radius 1 is 1.16 bits per heavy atom. The van der Waals surface area contributed by atoms with Crippen molar-refractivity contribution in [3.05, 3.63) is 64.2 Å². The molecule has 6 nitrogen and oxygen atoms in total. The summed E-state index contributed by atoms with van der Waals surface area (Å²) in [5, 5.41) is 17.4. The Morgan fingerprint density at radius 2 is 1.88 bits per heavy atom. The van der Waals surface area contributed by atoms with Crippen molar-refractivity contribution in [2.45, 2.75) is 28.7 Å². The lowest BCUT2D eigenvalue weighted by atomic mass is 10.1. The molecule has 0 aliphatic carbocycles. The van der Waals surface area contributed by atoms with Crippen molar-refractivity contribution in [3.63, 3.8) is 0 Å². The van der Waals surface area contributed by atoms with Gasteiger partial charge in [0, 0.05) is 28.0 Å². The summed E-state index contributed by atoms with van der Waals surface area (Å²) in [4.78, 5) is 25.0. The SMILES string of the molecule is O=C(NC1CCNCC1)c1cc([N+](=O)[O-])ccc1Sc1ccccc1. The summed E-state index contributed by atoms with van der Waals surface area (Å²) in [5.74, 6) is -0.256. The van der Waals surface area contributed by atoms with E-state index in [2.05, 4.69) is 10.6 Å². The lowest BCUT2D eigenvalue weighted by Crippen LogP contribution is -2.42. The third-order valence-electron chi connectivity index (χ3n) is 4.06. The van der Waals surface area contributed by atoms with Crippen molar-refractivity contribution in [3.8, 4) is 0 Å². The van der Waals surface area contributed by atoms with Crippen LogP contribution < -0.4 is 10.6 Å². The maximum Gasteiger partial charge on any atom is 0.270 e. The smallest absolute Gasteiger partial charge is 0.270 e. The van der Waals surface area contributed by atoms with E-state index in [9.17, 15) is 14.9 Å². The zero-order chi connectivity index (χ0) is 17.6. The molecular weight excluding hydrogens is 338 g/mol. The molecule has 25 heavy (non-hydrogen) atoms. The Kier molecular flexibility index (Phi) is 5.67. The summed E-state index contributed by atoms with van der Waals surface area (Å²) >= 11 is 1.43. The van der Waals surface area contributed by atoms with E-state index in [-0.39, 0.29) is 17.6 Å². The van der Waals surface area contributed by atoms with Crippen LogP contribution in [0.5, 0.6) is 0 Å². The van der Waals surface area contributed by atoms with Gasteiger partial charge in [-0.1, -0.05) is 30.0 Å². The molecule has 7 heteroatoms. The fraction of sp³-hybridized carbons (Fsp3) is 0.278. The summed E-state index contributed by atoms with van der Waals surface area (Å²) in [6.45, 7) is 1.73. The number of hydrogen-bond acceptors (Lipinski definition) is 5. The first kappa shape index (κ1) is 17.4. The molecule has 0 saturated carbocycles. The minimum absolute atomic E-state index is 0.0760. The van der Waals surface area contributed by atoms with Crippen LogP contribution >= 0.6 is 11.8 Å². The fourth-order valence-electron chi connectivity index (χ4n) is 2.74. The molecule has 130 valence electrons. The second-order valence-electron chi connectivity index (χ2n) is 5.85. The number of nitrogens with one attached hydrogen (secondary N) is 2. The number of piperidine rings is 1. The summed E-state index contributed by atoms with van der Waals surface area (Å²) in [6, 6.07) is 14.2. The summed E-state index contributed by atoms with van der Waals surface area (Å²) < 4.78 is 0. The molecule has 1 aliphatic heterocycles. The van der Waals surface area contributed by atoms with Gasteiger partial charge < -0.3 is 10.6 Å². The molecular formula is C18H19N3O3S. The van der Waals surface area contributed by atoms with Gasteiger partial charge >= 0.3 is 0 Å². The highest BCUT2D eigenvalue weighted by Crippen LogP contribution is 2.32. The molecule has 0 bridgehead atoms. The maximum atomic E-state index is 12.7. The van der Waals surface area contributed by atoms with E-state index in [0.29, 0.717) is 10.5 Å². The molecule has 0 spiro atoms. The topological polar surface area (TPSA) is 84.3 Å². The quantitative estimate of drug-likeness (QED) is 0.634. The first-order chi connectivity index (χ1) is 12.1. The van der Waals surface area contributed by atoms with Crippen LogP contribution in [0.3, 0.4) is 0 Å².